The van der Waals surface area contributed by atoms with Crippen molar-refractivity contribution < 1.29 is 9.18 Å². The predicted octanol–water partition coefficient (Wildman–Crippen LogP) is 4.84. The molecule has 1 saturated heterocycles. The van der Waals surface area contributed by atoms with Gasteiger partial charge in [-0.05, 0) is 68.5 Å². The maximum absolute atomic E-state index is 13.3. The zero-order chi connectivity index (χ0) is 19.5. The molecular weight excluding hydrogens is 353 g/mol. The fraction of sp³-hybridized carbons (Fsp3) is 0.304. The molecule has 0 aliphatic carbocycles. The third kappa shape index (κ3) is 3.84. The number of carbonyl (C=O) groups excluding carboxylic acids is 1. The summed E-state index contributed by atoms with van der Waals surface area (Å²) in [6.45, 7) is 2.12. The molecule has 1 N–H and O–H groups in total. The molecule has 4 rings (SSSR count). The fourth-order valence-corrected chi connectivity index (χ4v) is 4.09. The van der Waals surface area contributed by atoms with Crippen LogP contribution in [-0.4, -0.2) is 33.1 Å². The summed E-state index contributed by atoms with van der Waals surface area (Å²) in [7, 11) is 0. The van der Waals surface area contributed by atoms with E-state index in [1.165, 1.54) is 12.1 Å². The molecule has 0 radical (unpaired) electrons. The molecule has 0 unspecified atom stereocenters. The van der Waals surface area contributed by atoms with Gasteiger partial charge in [0.05, 0.1) is 5.69 Å². The van der Waals surface area contributed by atoms with Crippen LogP contribution in [0.15, 0.2) is 60.8 Å². The third-order valence-corrected chi connectivity index (χ3v) is 5.62. The molecule has 1 fully saturated rings. The van der Waals surface area contributed by atoms with Crippen molar-refractivity contribution >= 4 is 5.91 Å². The van der Waals surface area contributed by atoms with Gasteiger partial charge in [-0.2, -0.15) is 5.10 Å². The van der Waals surface area contributed by atoms with Crippen molar-refractivity contribution in [3.63, 3.8) is 0 Å². The number of nitrogens with zero attached hydrogens (tertiary/aromatic N) is 2. The topological polar surface area (TPSA) is 49.0 Å². The summed E-state index contributed by atoms with van der Waals surface area (Å²) in [5, 5.41) is 6.94. The third-order valence-electron chi connectivity index (χ3n) is 5.62. The van der Waals surface area contributed by atoms with Crippen LogP contribution >= 0.6 is 0 Å². The maximum atomic E-state index is 13.3. The molecule has 1 aromatic heterocycles. The van der Waals surface area contributed by atoms with Crippen LogP contribution in [0.5, 0.6) is 0 Å². The van der Waals surface area contributed by atoms with Gasteiger partial charge in [-0.25, -0.2) is 4.39 Å². The zero-order valence-corrected chi connectivity index (χ0v) is 15.9. The van der Waals surface area contributed by atoms with Crippen LogP contribution in [0.25, 0.3) is 11.3 Å². The molecule has 144 valence electrons. The van der Waals surface area contributed by atoms with Gasteiger partial charge in [0.15, 0.2) is 0 Å². The first-order valence-electron chi connectivity index (χ1n) is 9.79. The molecule has 28 heavy (non-hydrogen) atoms. The van der Waals surface area contributed by atoms with Crippen LogP contribution in [0.3, 0.4) is 0 Å². The Bertz CT molecular complexity index is 937. The Morgan fingerprint density at radius 1 is 1.18 bits per heavy atom. The molecule has 5 heteroatoms. The predicted molar refractivity (Wildman–Crippen MR) is 107 cm³/mol. The van der Waals surface area contributed by atoms with Gasteiger partial charge in [0.25, 0.3) is 5.91 Å². The van der Waals surface area contributed by atoms with E-state index in [-0.39, 0.29) is 23.8 Å². The van der Waals surface area contributed by atoms with E-state index in [2.05, 4.69) is 17.1 Å². The lowest BCUT2D eigenvalue weighted by Crippen LogP contribution is -2.40. The van der Waals surface area contributed by atoms with Crippen molar-refractivity contribution in [3.8, 4) is 11.3 Å². The number of aromatic nitrogens is 2. The minimum atomic E-state index is -0.216. The molecule has 2 heterocycles. The van der Waals surface area contributed by atoms with Crippen molar-refractivity contribution in [1.82, 2.24) is 15.1 Å². The Kier molecular flexibility index (Phi) is 5.24. The summed E-state index contributed by atoms with van der Waals surface area (Å²) in [4.78, 5) is 15.3. The Hall–Kier alpha value is -2.95. The number of likely N-dealkylation sites (tertiary alicyclic amines) is 1. The number of carbonyl (C=O) groups is 1. The largest absolute Gasteiger partial charge is 0.333 e. The number of hydrogen-bond donors (Lipinski definition) is 1. The first kappa shape index (κ1) is 18.4. The van der Waals surface area contributed by atoms with E-state index in [9.17, 15) is 9.18 Å². The summed E-state index contributed by atoms with van der Waals surface area (Å²) < 4.78 is 13.1. The first-order valence-corrected chi connectivity index (χ1v) is 9.79. The Balaban J connectivity index is 1.50. The number of nitrogens with one attached hydrogen (secondary N) is 1. The molecule has 0 spiro atoms. The summed E-state index contributed by atoms with van der Waals surface area (Å²) >= 11 is 0. The number of aromatic amines is 1. The molecule has 2 aromatic carbocycles. The van der Waals surface area contributed by atoms with Gasteiger partial charge in [0.2, 0.25) is 0 Å². The molecule has 0 bridgehead atoms. The molecule has 2 atom stereocenters. The van der Waals surface area contributed by atoms with E-state index >= 15 is 0 Å². The van der Waals surface area contributed by atoms with E-state index in [1.54, 1.807) is 6.20 Å². The summed E-state index contributed by atoms with van der Waals surface area (Å²) in [5.41, 5.74) is 3.66. The van der Waals surface area contributed by atoms with Crippen molar-refractivity contribution in [2.45, 2.75) is 44.7 Å². The van der Waals surface area contributed by atoms with E-state index in [0.717, 1.165) is 42.5 Å². The molecule has 3 aromatic rings. The monoisotopic (exact) mass is 377 g/mol. The summed E-state index contributed by atoms with van der Waals surface area (Å²) in [5.74, 6) is -0.136. The average molecular weight is 377 g/mol. The zero-order valence-electron chi connectivity index (χ0n) is 15.9. The fourth-order valence-electron chi connectivity index (χ4n) is 4.09. The Labute approximate surface area is 164 Å². The quantitative estimate of drug-likeness (QED) is 0.691. The van der Waals surface area contributed by atoms with Crippen LogP contribution in [0, 0.1) is 5.82 Å². The maximum Gasteiger partial charge on any atom is 0.254 e. The molecule has 1 amide bonds. The highest BCUT2D eigenvalue weighted by Crippen LogP contribution is 2.30. The van der Waals surface area contributed by atoms with Gasteiger partial charge in [0.1, 0.15) is 5.82 Å². The van der Waals surface area contributed by atoms with E-state index in [1.807, 2.05) is 47.4 Å². The molecule has 1 aliphatic rings. The summed E-state index contributed by atoms with van der Waals surface area (Å²) in [6.07, 6.45) is 5.46. The van der Waals surface area contributed by atoms with Crippen LogP contribution in [0.4, 0.5) is 4.39 Å². The Morgan fingerprint density at radius 3 is 2.75 bits per heavy atom. The van der Waals surface area contributed by atoms with Gasteiger partial charge in [-0.1, -0.05) is 24.3 Å². The SMILES string of the molecule is C[C@@H]1CC[C@H](CCc2ccc(F)cc2)N1C(=O)c1cccc(-c2ccn[nH]2)c1. The highest BCUT2D eigenvalue weighted by atomic mass is 19.1. The molecular formula is C23H24FN3O. The number of H-pyrrole nitrogens is 1. The van der Waals surface area contributed by atoms with Crippen molar-refractivity contribution in [2.24, 2.45) is 0 Å². The van der Waals surface area contributed by atoms with Gasteiger partial charge in [-0.3, -0.25) is 9.89 Å². The smallest absolute Gasteiger partial charge is 0.254 e. The lowest BCUT2D eigenvalue weighted by atomic mass is 10.0. The molecule has 0 saturated carbocycles. The second-order valence-corrected chi connectivity index (χ2v) is 7.51. The Morgan fingerprint density at radius 2 is 2.00 bits per heavy atom. The van der Waals surface area contributed by atoms with Crippen LogP contribution in [-0.2, 0) is 6.42 Å². The average Bonchev–Trinajstić information content (AvgIpc) is 3.37. The van der Waals surface area contributed by atoms with Gasteiger partial charge < -0.3 is 4.90 Å². The number of rotatable bonds is 5. The van der Waals surface area contributed by atoms with Crippen molar-refractivity contribution in [3.05, 3.63) is 77.7 Å². The second-order valence-electron chi connectivity index (χ2n) is 7.51. The van der Waals surface area contributed by atoms with Gasteiger partial charge >= 0.3 is 0 Å². The lowest BCUT2D eigenvalue weighted by Gasteiger charge is -2.29. The number of benzene rings is 2. The minimum Gasteiger partial charge on any atom is -0.333 e. The number of hydrogen-bond acceptors (Lipinski definition) is 2. The van der Waals surface area contributed by atoms with Gasteiger partial charge in [-0.15, -0.1) is 0 Å². The molecule has 1 aliphatic heterocycles. The number of amides is 1. The lowest BCUT2D eigenvalue weighted by molar-refractivity contribution is 0.0673. The van der Waals surface area contributed by atoms with Crippen LogP contribution in [0.1, 0.15) is 42.1 Å². The molecule has 4 nitrogen and oxygen atoms in total. The normalized spacial score (nSPS) is 19.1. The van der Waals surface area contributed by atoms with Gasteiger partial charge in [0, 0.05) is 29.4 Å². The van der Waals surface area contributed by atoms with E-state index in [4.69, 9.17) is 0 Å². The minimum absolute atomic E-state index is 0.0791. The highest BCUT2D eigenvalue weighted by molar-refractivity contribution is 5.96. The number of aryl methyl sites for hydroxylation is 1. The van der Waals surface area contributed by atoms with Crippen LogP contribution in [0.2, 0.25) is 0 Å². The highest BCUT2D eigenvalue weighted by Gasteiger charge is 2.34. The van der Waals surface area contributed by atoms with E-state index < -0.39 is 0 Å². The van der Waals surface area contributed by atoms with Crippen LogP contribution < -0.4 is 0 Å². The summed E-state index contributed by atoms with van der Waals surface area (Å²) in [6, 6.07) is 16.7. The van der Waals surface area contributed by atoms with Crippen molar-refractivity contribution in [2.75, 3.05) is 0 Å². The van der Waals surface area contributed by atoms with E-state index in [0.29, 0.717) is 5.56 Å². The first-order chi connectivity index (χ1) is 13.6. The second kappa shape index (κ2) is 7.97. The number of halogens is 1. The standard InChI is InChI=1S/C23H24FN3O/c1-16-5-11-21(12-8-17-6-9-20(24)10-7-17)27(16)23(28)19-4-2-3-18(15-19)22-13-14-25-26-22/h2-4,6-7,9-10,13-16,21H,5,8,11-12H2,1H3,(H,25,26)/t16-,21-/m1/s1. The van der Waals surface area contributed by atoms with Crippen molar-refractivity contribution in [1.29, 1.82) is 0 Å².